The number of carboxylic acid groups (broad SMARTS) is 2. The molecule has 126 valence electrons. The van der Waals surface area contributed by atoms with E-state index in [9.17, 15) is 9.59 Å². The maximum atomic E-state index is 11.1. The van der Waals surface area contributed by atoms with E-state index in [0.29, 0.717) is 27.0 Å². The summed E-state index contributed by atoms with van der Waals surface area (Å²) in [6.45, 7) is 1.66. The molecule has 23 heavy (non-hydrogen) atoms. The Balaban J connectivity index is 3.23. The van der Waals surface area contributed by atoms with Gasteiger partial charge >= 0.3 is 12.2 Å². The summed E-state index contributed by atoms with van der Waals surface area (Å²) in [5.74, 6) is 0.782. The van der Waals surface area contributed by atoms with E-state index in [1.54, 1.807) is 37.2 Å². The number of benzene rings is 1. The zero-order chi connectivity index (χ0) is 17.6. The molecule has 1 aromatic carbocycles. The van der Waals surface area contributed by atoms with E-state index < -0.39 is 12.2 Å². The average molecular weight is 340 g/mol. The third-order valence-corrected chi connectivity index (χ3v) is 3.54. The van der Waals surface area contributed by atoms with Crippen molar-refractivity contribution in [1.29, 1.82) is 0 Å². The van der Waals surface area contributed by atoms with Crippen LogP contribution in [0.5, 0.6) is 0 Å². The van der Waals surface area contributed by atoms with Crippen LogP contribution in [-0.2, 0) is 6.54 Å². The number of nitrogens with zero attached hydrogens (tertiary/aromatic N) is 3. The highest BCUT2D eigenvalue weighted by atomic mass is 32.2. The number of amides is 2. The van der Waals surface area contributed by atoms with Crippen LogP contribution in [0.1, 0.15) is 12.5 Å². The second-order valence-electron chi connectivity index (χ2n) is 4.74. The lowest BCUT2D eigenvalue weighted by atomic mass is 10.1. The number of imide groups is 1. The second-order valence-corrected chi connectivity index (χ2v) is 6.03. The number of hydrogen-bond acceptors (Lipinski definition) is 5. The highest BCUT2D eigenvalue weighted by molar-refractivity contribution is 8.13. The summed E-state index contributed by atoms with van der Waals surface area (Å²) in [6.07, 6.45) is -3.06. The molecule has 0 unspecified atom stereocenters. The standard InChI is InChI=1S/C14H20N4O4S/c1-4-23-12(15)16-10-5-6-11(17(2)3)9(7-10)8-18(13(19)20)14(21)22/h5-7H,4,8H2,1-3H3,(H2,15,16)(H,19,20)(H,21,22). The first-order chi connectivity index (χ1) is 10.8. The van der Waals surface area contributed by atoms with Crippen LogP contribution in [0.3, 0.4) is 0 Å². The Bertz CT molecular complexity index is 605. The van der Waals surface area contributed by atoms with Crippen molar-refractivity contribution in [3.63, 3.8) is 0 Å². The number of nitrogens with two attached hydrogens (primary N) is 1. The molecule has 1 aromatic rings. The molecule has 0 heterocycles. The quantitative estimate of drug-likeness (QED) is 0.556. The molecule has 9 heteroatoms. The van der Waals surface area contributed by atoms with Crippen LogP contribution in [-0.4, -0.2) is 52.3 Å². The lowest BCUT2D eigenvalue weighted by Crippen LogP contribution is -2.34. The van der Waals surface area contributed by atoms with Crippen LogP contribution in [0.25, 0.3) is 0 Å². The minimum atomic E-state index is -1.53. The van der Waals surface area contributed by atoms with Crippen LogP contribution in [0.4, 0.5) is 21.0 Å². The summed E-state index contributed by atoms with van der Waals surface area (Å²) in [5.41, 5.74) is 7.54. The summed E-state index contributed by atoms with van der Waals surface area (Å²) in [7, 11) is 3.57. The van der Waals surface area contributed by atoms with Crippen molar-refractivity contribution in [1.82, 2.24) is 4.90 Å². The zero-order valence-corrected chi connectivity index (χ0v) is 14.0. The maximum Gasteiger partial charge on any atom is 0.417 e. The van der Waals surface area contributed by atoms with Gasteiger partial charge in [0.1, 0.15) is 0 Å². The van der Waals surface area contributed by atoms with E-state index in [-0.39, 0.29) is 6.54 Å². The topological polar surface area (TPSA) is 119 Å². The van der Waals surface area contributed by atoms with E-state index in [2.05, 4.69) is 4.99 Å². The number of amidine groups is 1. The maximum absolute atomic E-state index is 11.1. The molecule has 0 bridgehead atoms. The van der Waals surface area contributed by atoms with Crippen molar-refractivity contribution < 1.29 is 19.8 Å². The van der Waals surface area contributed by atoms with Gasteiger partial charge in [0, 0.05) is 19.8 Å². The van der Waals surface area contributed by atoms with Gasteiger partial charge in [-0.25, -0.2) is 19.5 Å². The summed E-state index contributed by atoms with van der Waals surface area (Å²) < 4.78 is 0. The van der Waals surface area contributed by atoms with Gasteiger partial charge in [-0.15, -0.1) is 0 Å². The van der Waals surface area contributed by atoms with E-state index in [4.69, 9.17) is 15.9 Å². The SMILES string of the molecule is CCSC(N)=Nc1ccc(N(C)C)c(CN(C(=O)O)C(=O)O)c1. The number of carbonyl (C=O) groups is 2. The molecule has 0 saturated heterocycles. The summed E-state index contributed by atoms with van der Waals surface area (Å²) >= 11 is 1.38. The van der Waals surface area contributed by atoms with E-state index in [1.807, 2.05) is 6.92 Å². The number of hydrogen-bond donors (Lipinski definition) is 3. The first-order valence-corrected chi connectivity index (χ1v) is 7.75. The molecule has 0 aromatic heterocycles. The number of rotatable bonds is 5. The Morgan fingerprint density at radius 3 is 2.35 bits per heavy atom. The fourth-order valence-electron chi connectivity index (χ4n) is 1.90. The number of thioether (sulfide) groups is 1. The smallest absolute Gasteiger partial charge is 0.417 e. The highest BCUT2D eigenvalue weighted by Gasteiger charge is 2.22. The molecule has 2 amide bonds. The Kier molecular flexibility index (Phi) is 6.70. The molecule has 0 saturated carbocycles. The van der Waals surface area contributed by atoms with Crippen molar-refractivity contribution in [2.45, 2.75) is 13.5 Å². The molecule has 0 spiro atoms. The van der Waals surface area contributed by atoms with Crippen molar-refractivity contribution >= 4 is 40.5 Å². The van der Waals surface area contributed by atoms with Gasteiger partial charge in [-0.3, -0.25) is 0 Å². The lowest BCUT2D eigenvalue weighted by molar-refractivity contribution is 0.120. The molecular formula is C14H20N4O4S. The van der Waals surface area contributed by atoms with Crippen LogP contribution in [0, 0.1) is 0 Å². The molecule has 8 nitrogen and oxygen atoms in total. The van der Waals surface area contributed by atoms with Gasteiger partial charge in [0.15, 0.2) is 5.17 Å². The molecule has 0 aliphatic heterocycles. The van der Waals surface area contributed by atoms with Crippen LogP contribution in [0.15, 0.2) is 23.2 Å². The monoisotopic (exact) mass is 340 g/mol. The van der Waals surface area contributed by atoms with Gasteiger partial charge < -0.3 is 20.8 Å². The molecule has 0 aliphatic carbocycles. The molecule has 0 radical (unpaired) electrons. The van der Waals surface area contributed by atoms with Crippen molar-refractivity contribution in [2.75, 3.05) is 24.7 Å². The molecule has 0 atom stereocenters. The largest absolute Gasteiger partial charge is 0.465 e. The van der Waals surface area contributed by atoms with Crippen LogP contribution in [0.2, 0.25) is 0 Å². The molecule has 4 N–H and O–H groups in total. The number of anilines is 1. The second kappa shape index (κ2) is 8.28. The van der Waals surface area contributed by atoms with Gasteiger partial charge in [0.2, 0.25) is 0 Å². The minimum absolute atomic E-state index is 0.289. The first-order valence-electron chi connectivity index (χ1n) is 6.76. The molecular weight excluding hydrogens is 320 g/mol. The Morgan fingerprint density at radius 2 is 1.87 bits per heavy atom. The third-order valence-electron chi connectivity index (χ3n) is 2.87. The lowest BCUT2D eigenvalue weighted by Gasteiger charge is -2.21. The van der Waals surface area contributed by atoms with Gasteiger partial charge in [-0.1, -0.05) is 18.7 Å². The Morgan fingerprint density at radius 1 is 1.26 bits per heavy atom. The van der Waals surface area contributed by atoms with Crippen molar-refractivity contribution in [3.8, 4) is 0 Å². The van der Waals surface area contributed by atoms with E-state index >= 15 is 0 Å². The predicted molar refractivity (Wildman–Crippen MR) is 91.8 cm³/mol. The van der Waals surface area contributed by atoms with Crippen LogP contribution < -0.4 is 10.6 Å². The Labute approximate surface area is 138 Å². The van der Waals surface area contributed by atoms with E-state index in [0.717, 1.165) is 5.75 Å². The minimum Gasteiger partial charge on any atom is -0.465 e. The zero-order valence-electron chi connectivity index (χ0n) is 13.2. The van der Waals surface area contributed by atoms with Crippen molar-refractivity contribution in [3.05, 3.63) is 23.8 Å². The fourth-order valence-corrected chi connectivity index (χ4v) is 2.36. The molecule has 0 aliphatic rings. The summed E-state index contributed by atoms with van der Waals surface area (Å²) in [6, 6.07) is 5.13. The number of aliphatic imine (C=N–C) groups is 1. The van der Waals surface area contributed by atoms with Gasteiger partial charge in [0.05, 0.1) is 12.2 Å². The predicted octanol–water partition coefficient (Wildman–Crippen LogP) is 2.61. The van der Waals surface area contributed by atoms with Crippen LogP contribution >= 0.6 is 11.8 Å². The first kappa shape index (κ1) is 18.6. The Hall–Kier alpha value is -2.42. The van der Waals surface area contributed by atoms with Crippen molar-refractivity contribution in [2.24, 2.45) is 10.7 Å². The normalized spacial score (nSPS) is 11.2. The summed E-state index contributed by atoms with van der Waals surface area (Å²) in [4.78, 5) is 28.4. The summed E-state index contributed by atoms with van der Waals surface area (Å²) in [5, 5.41) is 18.4. The molecule has 0 fully saturated rings. The molecule has 1 rings (SSSR count). The third kappa shape index (κ3) is 5.37. The van der Waals surface area contributed by atoms with Gasteiger partial charge in [-0.2, -0.15) is 0 Å². The van der Waals surface area contributed by atoms with Gasteiger partial charge in [0.25, 0.3) is 0 Å². The highest BCUT2D eigenvalue weighted by Crippen LogP contribution is 2.26. The van der Waals surface area contributed by atoms with E-state index in [1.165, 1.54) is 11.8 Å². The fraction of sp³-hybridized carbons (Fsp3) is 0.357. The average Bonchev–Trinajstić information content (AvgIpc) is 2.44. The van der Waals surface area contributed by atoms with Gasteiger partial charge in [-0.05, 0) is 29.5 Å².